The van der Waals surface area contributed by atoms with Gasteiger partial charge in [0.1, 0.15) is 6.04 Å². The summed E-state index contributed by atoms with van der Waals surface area (Å²) in [5, 5.41) is 5.59. The fourth-order valence-electron chi connectivity index (χ4n) is 6.79. The van der Waals surface area contributed by atoms with Crippen LogP contribution in [0.25, 0.3) is 0 Å². The van der Waals surface area contributed by atoms with Crippen LogP contribution in [0.1, 0.15) is 80.6 Å². The molecule has 1 heterocycles. The van der Waals surface area contributed by atoms with E-state index in [4.69, 9.17) is 4.43 Å². The summed E-state index contributed by atoms with van der Waals surface area (Å²) >= 11 is 0. The Hall–Kier alpha value is -2.48. The summed E-state index contributed by atoms with van der Waals surface area (Å²) in [4.78, 5) is 31.5. The van der Waals surface area contributed by atoms with E-state index >= 15 is 0 Å². The molecule has 7 heteroatoms. The lowest BCUT2D eigenvalue weighted by molar-refractivity contribution is -0.141. The van der Waals surface area contributed by atoms with Crippen LogP contribution in [-0.4, -0.2) is 75.3 Å². The minimum Gasteiger partial charge on any atom is -0.407 e. The molecule has 1 aliphatic rings. The van der Waals surface area contributed by atoms with Gasteiger partial charge in [-0.1, -0.05) is 122 Å². The van der Waals surface area contributed by atoms with Crippen molar-refractivity contribution in [1.82, 2.24) is 15.1 Å². The third-order valence-corrected chi connectivity index (χ3v) is 14.7. The zero-order valence-corrected chi connectivity index (χ0v) is 29.2. The zero-order valence-electron chi connectivity index (χ0n) is 28.2. The molecule has 2 amide bonds. The van der Waals surface area contributed by atoms with Crippen LogP contribution in [-0.2, 0) is 14.0 Å². The number of rotatable bonds is 13. The number of amides is 2. The standard InChI is InChI=1S/C36H57N3O3Si/c1-10-28(4)33(37-34(40)32-23-17-18-25-38(32)8)35(41)39(9)31(27(2)3)24-26-42-43(36(5,6)7,29-19-13-11-14-20-29)30-21-15-12-16-22-30/h11-16,19-22,27-28,31-33H,10,17-18,23-26H2,1-9H3,(H,37,40). The van der Waals surface area contributed by atoms with Crippen LogP contribution in [0.15, 0.2) is 60.7 Å². The molecular weight excluding hydrogens is 551 g/mol. The predicted octanol–water partition coefficient (Wildman–Crippen LogP) is 5.45. The molecule has 2 aromatic rings. The molecule has 0 bridgehead atoms. The highest BCUT2D eigenvalue weighted by Gasteiger charge is 2.50. The van der Waals surface area contributed by atoms with Gasteiger partial charge in [-0.05, 0) is 60.1 Å². The molecule has 4 atom stereocenters. The highest BCUT2D eigenvalue weighted by atomic mass is 28.4. The minimum absolute atomic E-state index is 0.00897. The number of carbonyl (C=O) groups is 2. The van der Waals surface area contributed by atoms with Crippen molar-refractivity contribution in [2.45, 2.75) is 104 Å². The lowest BCUT2D eigenvalue weighted by Crippen LogP contribution is -2.66. The van der Waals surface area contributed by atoms with Crippen LogP contribution in [0, 0.1) is 11.8 Å². The van der Waals surface area contributed by atoms with E-state index in [1.807, 2.05) is 19.0 Å². The number of nitrogens with zero attached hydrogens (tertiary/aromatic N) is 2. The van der Waals surface area contributed by atoms with E-state index < -0.39 is 14.4 Å². The van der Waals surface area contributed by atoms with E-state index in [2.05, 4.69) is 119 Å². The molecule has 6 nitrogen and oxygen atoms in total. The predicted molar refractivity (Wildman–Crippen MR) is 181 cm³/mol. The van der Waals surface area contributed by atoms with Crippen molar-refractivity contribution in [3.63, 3.8) is 0 Å². The molecule has 4 unspecified atom stereocenters. The second-order valence-corrected chi connectivity index (χ2v) is 18.2. The number of likely N-dealkylation sites (tertiary alicyclic amines) is 1. The van der Waals surface area contributed by atoms with Gasteiger partial charge in [0, 0.05) is 19.7 Å². The van der Waals surface area contributed by atoms with Gasteiger partial charge < -0.3 is 14.6 Å². The van der Waals surface area contributed by atoms with Crippen molar-refractivity contribution >= 4 is 30.5 Å². The quantitative estimate of drug-likeness (QED) is 0.308. The van der Waals surface area contributed by atoms with Gasteiger partial charge in [-0.3, -0.25) is 14.5 Å². The number of piperidine rings is 1. The number of nitrogens with one attached hydrogen (secondary N) is 1. The molecular formula is C36H57N3O3Si. The van der Waals surface area contributed by atoms with Crippen LogP contribution in [0.5, 0.6) is 0 Å². The summed E-state index contributed by atoms with van der Waals surface area (Å²) in [6.07, 6.45) is 4.53. The van der Waals surface area contributed by atoms with Crippen molar-refractivity contribution < 1.29 is 14.0 Å². The molecule has 3 rings (SSSR count). The topological polar surface area (TPSA) is 61.9 Å². The number of carbonyl (C=O) groups excluding carboxylic acids is 2. The summed E-state index contributed by atoms with van der Waals surface area (Å²) in [5.74, 6) is 0.235. The zero-order chi connectivity index (χ0) is 31.8. The Kier molecular flexibility index (Phi) is 12.6. The Labute approximate surface area is 262 Å². The average Bonchev–Trinajstić information content (AvgIpc) is 2.99. The maximum Gasteiger partial charge on any atom is 0.261 e. The second kappa shape index (κ2) is 15.5. The maximum absolute atomic E-state index is 14.1. The van der Waals surface area contributed by atoms with Gasteiger partial charge in [0.15, 0.2) is 0 Å². The van der Waals surface area contributed by atoms with E-state index in [1.165, 1.54) is 10.4 Å². The SMILES string of the molecule is CCC(C)C(NC(=O)C1CCCCN1C)C(=O)N(C)C(CCO[Si](c1ccccc1)(c1ccccc1)C(C)(C)C)C(C)C. The lowest BCUT2D eigenvalue weighted by atomic mass is 9.93. The summed E-state index contributed by atoms with van der Waals surface area (Å²) in [7, 11) is 1.25. The van der Waals surface area contributed by atoms with Crippen molar-refractivity contribution in [1.29, 1.82) is 0 Å². The minimum atomic E-state index is -2.67. The van der Waals surface area contributed by atoms with E-state index in [-0.39, 0.29) is 40.8 Å². The molecule has 0 aliphatic carbocycles. The summed E-state index contributed by atoms with van der Waals surface area (Å²) < 4.78 is 7.19. The first kappa shape index (κ1) is 35.0. The van der Waals surface area contributed by atoms with Crippen molar-refractivity contribution in [2.75, 3.05) is 27.2 Å². The first-order valence-corrected chi connectivity index (χ1v) is 18.3. The molecule has 0 radical (unpaired) electrons. The second-order valence-electron chi connectivity index (χ2n) is 13.9. The van der Waals surface area contributed by atoms with E-state index in [0.29, 0.717) is 6.61 Å². The van der Waals surface area contributed by atoms with Gasteiger partial charge in [0.2, 0.25) is 11.8 Å². The third kappa shape index (κ3) is 8.17. The van der Waals surface area contributed by atoms with E-state index in [0.717, 1.165) is 38.6 Å². The van der Waals surface area contributed by atoms with E-state index in [1.54, 1.807) is 0 Å². The first-order valence-electron chi connectivity index (χ1n) is 16.4. The summed E-state index contributed by atoms with van der Waals surface area (Å²) in [5.41, 5.74) is 0. The third-order valence-electron chi connectivity index (χ3n) is 9.61. The number of hydrogen-bond acceptors (Lipinski definition) is 4. The van der Waals surface area contributed by atoms with Gasteiger partial charge in [0.05, 0.1) is 6.04 Å². The van der Waals surface area contributed by atoms with Crippen molar-refractivity contribution in [3.05, 3.63) is 60.7 Å². The summed E-state index contributed by atoms with van der Waals surface area (Å²) in [6.45, 7) is 16.8. The van der Waals surface area contributed by atoms with Crippen LogP contribution < -0.4 is 15.7 Å². The molecule has 1 N–H and O–H groups in total. The Balaban J connectivity index is 1.84. The Morgan fingerprint density at radius 2 is 1.56 bits per heavy atom. The fourth-order valence-corrected chi connectivity index (χ4v) is 11.4. The Morgan fingerprint density at radius 1 is 1.00 bits per heavy atom. The number of likely N-dealkylation sites (N-methyl/N-ethyl adjacent to an activating group) is 2. The summed E-state index contributed by atoms with van der Waals surface area (Å²) in [6, 6.07) is 20.6. The lowest BCUT2D eigenvalue weighted by Gasteiger charge is -2.44. The average molecular weight is 608 g/mol. The number of benzene rings is 2. The largest absolute Gasteiger partial charge is 0.407 e. The van der Waals surface area contributed by atoms with Crippen LogP contribution in [0.3, 0.4) is 0 Å². The van der Waals surface area contributed by atoms with Gasteiger partial charge in [-0.15, -0.1) is 0 Å². The Morgan fingerprint density at radius 3 is 2.02 bits per heavy atom. The maximum atomic E-state index is 14.1. The Bertz CT molecular complexity index is 1110. The van der Waals surface area contributed by atoms with Crippen molar-refractivity contribution in [2.24, 2.45) is 11.8 Å². The van der Waals surface area contributed by atoms with E-state index in [9.17, 15) is 9.59 Å². The highest BCUT2D eigenvalue weighted by molar-refractivity contribution is 6.99. The van der Waals surface area contributed by atoms with Crippen molar-refractivity contribution in [3.8, 4) is 0 Å². The first-order chi connectivity index (χ1) is 20.3. The smallest absolute Gasteiger partial charge is 0.261 e. The molecule has 1 saturated heterocycles. The molecule has 1 aliphatic heterocycles. The van der Waals surface area contributed by atoms with Gasteiger partial charge in [-0.2, -0.15) is 0 Å². The molecule has 1 fully saturated rings. The molecule has 0 spiro atoms. The highest BCUT2D eigenvalue weighted by Crippen LogP contribution is 2.37. The fraction of sp³-hybridized carbons (Fsp3) is 0.611. The van der Waals surface area contributed by atoms with Crippen LogP contribution >= 0.6 is 0 Å². The molecule has 238 valence electrons. The van der Waals surface area contributed by atoms with Gasteiger partial charge in [-0.25, -0.2) is 0 Å². The van der Waals surface area contributed by atoms with Gasteiger partial charge in [0.25, 0.3) is 8.32 Å². The molecule has 0 saturated carbocycles. The monoisotopic (exact) mass is 607 g/mol. The van der Waals surface area contributed by atoms with Gasteiger partial charge >= 0.3 is 0 Å². The van der Waals surface area contributed by atoms with Crippen LogP contribution in [0.4, 0.5) is 0 Å². The molecule has 2 aromatic carbocycles. The number of hydrogen-bond donors (Lipinski definition) is 1. The molecule has 43 heavy (non-hydrogen) atoms. The normalized spacial score (nSPS) is 18.6. The molecule has 0 aromatic heterocycles. The van der Waals surface area contributed by atoms with Crippen LogP contribution in [0.2, 0.25) is 5.04 Å².